The molecule has 0 spiro atoms. The summed E-state index contributed by atoms with van der Waals surface area (Å²) in [4.78, 5) is 53.3. The predicted octanol–water partition coefficient (Wildman–Crippen LogP) is 1.60. The van der Waals surface area contributed by atoms with Crippen molar-refractivity contribution >= 4 is 30.0 Å². The summed E-state index contributed by atoms with van der Waals surface area (Å²) in [6.07, 6.45) is -2.31. The summed E-state index contributed by atoms with van der Waals surface area (Å²) in [5, 5.41) is 17.6. The summed E-state index contributed by atoms with van der Waals surface area (Å²) in [6, 6.07) is -1.83. The molecule has 0 aromatic rings. The summed E-state index contributed by atoms with van der Waals surface area (Å²) in [5.74, 6) is -2.06. The molecular weight excluding hydrogens is 448 g/mol. The number of hydrogen-bond donors (Lipinski definition) is 4. The highest BCUT2D eigenvalue weighted by molar-refractivity contribution is 6.01. The summed E-state index contributed by atoms with van der Waals surface area (Å²) >= 11 is 0. The molecule has 1 aliphatic rings. The third kappa shape index (κ3) is 10.8. The zero-order chi connectivity index (χ0) is 26.3. The fraction of sp³-hybridized carbons (Fsp3) is 0.773. The lowest BCUT2D eigenvalue weighted by Gasteiger charge is -2.26. The Morgan fingerprint density at radius 3 is 1.88 bits per heavy atom. The number of ether oxygens (including phenoxy) is 3. The van der Waals surface area contributed by atoms with Gasteiger partial charge in [0, 0.05) is 12.8 Å². The Morgan fingerprint density at radius 2 is 1.47 bits per heavy atom. The monoisotopic (exact) mass is 486 g/mol. The molecule has 12 nitrogen and oxygen atoms in total. The van der Waals surface area contributed by atoms with E-state index in [1.54, 1.807) is 48.5 Å². The number of hydrogen-bond acceptors (Lipinski definition) is 9. The van der Waals surface area contributed by atoms with Crippen molar-refractivity contribution in [3.8, 4) is 0 Å². The molecule has 1 fully saturated rings. The van der Waals surface area contributed by atoms with Crippen LogP contribution in [0, 0.1) is 5.92 Å². The molecular formula is C22H38N4O8. The number of nitrogens with zero attached hydrogens (tertiary/aromatic N) is 1. The lowest BCUT2D eigenvalue weighted by Crippen LogP contribution is -2.50. The number of aliphatic imine (C=N–C) groups is 1. The smallest absolute Gasteiger partial charge is 0.414 e. The number of aliphatic hydroxyl groups is 1. The second-order valence-corrected chi connectivity index (χ2v) is 10.0. The van der Waals surface area contributed by atoms with Crippen LogP contribution in [0.15, 0.2) is 4.99 Å². The van der Waals surface area contributed by atoms with Gasteiger partial charge in [0.2, 0.25) is 11.9 Å². The van der Waals surface area contributed by atoms with Gasteiger partial charge >= 0.3 is 18.2 Å². The standard InChI is InChI=1S/C22H38N4O8/c1-9-32-17(29)16(23-12(2)27)14-10-13(28)11-15(14)24-18(25-19(30)33-21(3,4)5)26-20(31)34-22(6,7)8/h13-16,28H,9-11H2,1-8H3,(H,23,27)(H2,24,25,26,30,31)/t13?,14-,15-,16?/m1/s1. The Balaban J connectivity index is 3.27. The van der Waals surface area contributed by atoms with E-state index in [4.69, 9.17) is 14.2 Å². The Bertz CT molecular complexity index is 753. The third-order valence-electron chi connectivity index (χ3n) is 4.41. The molecule has 0 heterocycles. The van der Waals surface area contributed by atoms with Crippen molar-refractivity contribution in [2.24, 2.45) is 10.9 Å². The maximum atomic E-state index is 12.5. The lowest BCUT2D eigenvalue weighted by atomic mass is 9.94. The van der Waals surface area contributed by atoms with E-state index in [9.17, 15) is 24.3 Å². The first kappa shape index (κ1) is 29.1. The van der Waals surface area contributed by atoms with Crippen LogP contribution in [0.5, 0.6) is 0 Å². The van der Waals surface area contributed by atoms with Gasteiger partial charge in [0.25, 0.3) is 0 Å². The topological polar surface area (TPSA) is 165 Å². The fourth-order valence-corrected chi connectivity index (χ4v) is 3.38. The van der Waals surface area contributed by atoms with Crippen LogP contribution in [0.1, 0.15) is 68.2 Å². The van der Waals surface area contributed by atoms with Gasteiger partial charge in [-0.2, -0.15) is 0 Å². The van der Waals surface area contributed by atoms with E-state index in [1.807, 2.05) is 0 Å². The lowest BCUT2D eigenvalue weighted by molar-refractivity contribution is -0.149. The Morgan fingerprint density at radius 1 is 0.971 bits per heavy atom. The van der Waals surface area contributed by atoms with Crippen molar-refractivity contribution in [1.82, 2.24) is 16.0 Å². The molecule has 4 atom stereocenters. The number of guanidine groups is 1. The van der Waals surface area contributed by atoms with E-state index in [-0.39, 0.29) is 25.4 Å². The average molecular weight is 487 g/mol. The number of aliphatic hydroxyl groups excluding tert-OH is 1. The first-order valence-corrected chi connectivity index (χ1v) is 11.2. The van der Waals surface area contributed by atoms with Gasteiger partial charge in [0.1, 0.15) is 17.2 Å². The number of carbonyl (C=O) groups excluding carboxylic acids is 4. The minimum absolute atomic E-state index is 0.101. The largest absolute Gasteiger partial charge is 0.464 e. The van der Waals surface area contributed by atoms with Gasteiger partial charge in [-0.3, -0.25) is 15.4 Å². The van der Waals surface area contributed by atoms with E-state index in [1.165, 1.54) is 6.92 Å². The van der Waals surface area contributed by atoms with Crippen molar-refractivity contribution in [1.29, 1.82) is 0 Å². The number of esters is 1. The molecule has 34 heavy (non-hydrogen) atoms. The zero-order valence-corrected chi connectivity index (χ0v) is 21.2. The number of alkyl carbamates (subject to hydrolysis) is 2. The van der Waals surface area contributed by atoms with Crippen LogP contribution in [0.4, 0.5) is 9.59 Å². The van der Waals surface area contributed by atoms with Crippen LogP contribution in [-0.4, -0.2) is 71.1 Å². The summed E-state index contributed by atoms with van der Waals surface area (Å²) < 4.78 is 15.5. The van der Waals surface area contributed by atoms with Crippen LogP contribution in [0.2, 0.25) is 0 Å². The van der Waals surface area contributed by atoms with Crippen molar-refractivity contribution in [2.45, 2.75) is 97.6 Å². The Kier molecular flexibility index (Phi) is 10.3. The van der Waals surface area contributed by atoms with Gasteiger partial charge in [-0.05, 0) is 61.3 Å². The normalized spacial score (nSPS) is 21.0. The average Bonchev–Trinajstić information content (AvgIpc) is 2.95. The molecule has 0 bridgehead atoms. The van der Waals surface area contributed by atoms with Gasteiger partial charge in [-0.1, -0.05) is 0 Å². The molecule has 12 heteroatoms. The molecule has 0 aromatic carbocycles. The van der Waals surface area contributed by atoms with Gasteiger partial charge < -0.3 is 24.6 Å². The second-order valence-electron chi connectivity index (χ2n) is 10.0. The Labute approximate surface area is 200 Å². The molecule has 1 saturated carbocycles. The van der Waals surface area contributed by atoms with E-state index >= 15 is 0 Å². The zero-order valence-electron chi connectivity index (χ0n) is 21.2. The molecule has 4 N–H and O–H groups in total. The molecule has 2 unspecified atom stereocenters. The summed E-state index contributed by atoms with van der Waals surface area (Å²) in [6.45, 7) is 13.0. The second kappa shape index (κ2) is 12.0. The van der Waals surface area contributed by atoms with E-state index in [0.717, 1.165) is 0 Å². The third-order valence-corrected chi connectivity index (χ3v) is 4.41. The summed E-state index contributed by atoms with van der Waals surface area (Å²) in [5.41, 5.74) is -1.62. The molecule has 0 saturated heterocycles. The van der Waals surface area contributed by atoms with Gasteiger partial charge in [0.15, 0.2) is 0 Å². The van der Waals surface area contributed by atoms with E-state index in [0.29, 0.717) is 0 Å². The van der Waals surface area contributed by atoms with Crippen LogP contribution >= 0.6 is 0 Å². The predicted molar refractivity (Wildman–Crippen MR) is 123 cm³/mol. The van der Waals surface area contributed by atoms with Crippen LogP contribution in [0.3, 0.4) is 0 Å². The fourth-order valence-electron chi connectivity index (χ4n) is 3.38. The van der Waals surface area contributed by atoms with Crippen LogP contribution in [-0.2, 0) is 23.8 Å². The first-order valence-electron chi connectivity index (χ1n) is 11.2. The molecule has 0 radical (unpaired) electrons. The molecule has 1 aliphatic carbocycles. The quantitative estimate of drug-likeness (QED) is 0.197. The van der Waals surface area contributed by atoms with Crippen LogP contribution < -0.4 is 16.0 Å². The maximum absolute atomic E-state index is 12.5. The number of rotatable bonds is 5. The molecule has 1 rings (SSSR count). The number of amides is 3. The highest BCUT2D eigenvalue weighted by Gasteiger charge is 2.43. The van der Waals surface area contributed by atoms with Crippen molar-refractivity contribution < 1.29 is 38.5 Å². The highest BCUT2D eigenvalue weighted by Crippen LogP contribution is 2.32. The van der Waals surface area contributed by atoms with Crippen molar-refractivity contribution in [3.05, 3.63) is 0 Å². The Hall–Kier alpha value is -2.89. The first-order chi connectivity index (χ1) is 15.5. The van der Waals surface area contributed by atoms with Gasteiger partial charge in [-0.15, -0.1) is 0 Å². The van der Waals surface area contributed by atoms with Gasteiger partial charge in [0.05, 0.1) is 18.8 Å². The van der Waals surface area contributed by atoms with Crippen molar-refractivity contribution in [3.63, 3.8) is 0 Å². The minimum atomic E-state index is -1.08. The van der Waals surface area contributed by atoms with Gasteiger partial charge in [-0.25, -0.2) is 19.4 Å². The number of carbonyl (C=O) groups is 4. The van der Waals surface area contributed by atoms with E-state index < -0.39 is 59.4 Å². The molecule has 0 aliphatic heterocycles. The van der Waals surface area contributed by atoms with Crippen LogP contribution in [0.25, 0.3) is 0 Å². The summed E-state index contributed by atoms with van der Waals surface area (Å²) in [7, 11) is 0. The molecule has 3 amide bonds. The molecule has 194 valence electrons. The SMILES string of the molecule is CCOC(=O)C(NC(C)=O)[C@@H]1CC(O)C[C@H]1N=C(NC(=O)OC(C)(C)C)NC(=O)OC(C)(C)C. The van der Waals surface area contributed by atoms with Crippen molar-refractivity contribution in [2.75, 3.05) is 6.61 Å². The number of nitrogens with one attached hydrogen (secondary N) is 3. The highest BCUT2D eigenvalue weighted by atomic mass is 16.6. The minimum Gasteiger partial charge on any atom is -0.464 e. The maximum Gasteiger partial charge on any atom is 0.414 e. The molecule has 0 aromatic heterocycles. The van der Waals surface area contributed by atoms with E-state index in [2.05, 4.69) is 20.9 Å².